The molecular weight excluding hydrogens is 292 g/mol. The second kappa shape index (κ2) is 6.03. The number of sulfonamides is 1. The van der Waals surface area contributed by atoms with Crippen molar-refractivity contribution in [3.8, 4) is 5.75 Å². The van der Waals surface area contributed by atoms with Gasteiger partial charge in [-0.15, -0.1) is 0 Å². The summed E-state index contributed by atoms with van der Waals surface area (Å²) in [5.41, 5.74) is 0.718. The van der Waals surface area contributed by atoms with E-state index in [4.69, 9.17) is 9.88 Å². The molecule has 1 aliphatic rings. The molecule has 2 rings (SSSR count). The Kier molecular flexibility index (Phi) is 4.53. The molecule has 1 fully saturated rings. The number of nitrogens with two attached hydrogens (primary N) is 1. The molecular formula is C14H20N2O4S. The van der Waals surface area contributed by atoms with Crippen LogP contribution in [0.1, 0.15) is 20.3 Å². The summed E-state index contributed by atoms with van der Waals surface area (Å²) >= 11 is 0. The lowest BCUT2D eigenvalue weighted by molar-refractivity contribution is -0.117. The number of nitrogens with zero attached hydrogens (tertiary/aromatic N) is 1. The van der Waals surface area contributed by atoms with Gasteiger partial charge < -0.3 is 9.64 Å². The van der Waals surface area contributed by atoms with Crippen LogP contribution in [0.4, 0.5) is 5.69 Å². The Labute approximate surface area is 124 Å². The lowest BCUT2D eigenvalue weighted by atomic mass is 10.1. The minimum atomic E-state index is -3.56. The van der Waals surface area contributed by atoms with Gasteiger partial charge in [-0.05, 0) is 26.0 Å². The van der Waals surface area contributed by atoms with Gasteiger partial charge in [0.2, 0.25) is 15.9 Å². The van der Waals surface area contributed by atoms with E-state index in [1.807, 2.05) is 32.0 Å². The Bertz CT molecular complexity index is 628. The monoisotopic (exact) mass is 312 g/mol. The van der Waals surface area contributed by atoms with Gasteiger partial charge in [-0.2, -0.15) is 0 Å². The van der Waals surface area contributed by atoms with Crippen molar-refractivity contribution in [2.45, 2.75) is 26.4 Å². The summed E-state index contributed by atoms with van der Waals surface area (Å²) < 4.78 is 27.9. The number of anilines is 1. The smallest absolute Gasteiger partial charge is 0.227 e. The van der Waals surface area contributed by atoms with Crippen molar-refractivity contribution in [3.05, 3.63) is 24.3 Å². The molecule has 1 aromatic rings. The van der Waals surface area contributed by atoms with Crippen LogP contribution in [0.5, 0.6) is 5.75 Å². The number of rotatable bonds is 5. The second-order valence-corrected chi connectivity index (χ2v) is 7.23. The molecule has 1 aromatic carbocycles. The van der Waals surface area contributed by atoms with Gasteiger partial charge in [-0.3, -0.25) is 4.79 Å². The maximum Gasteiger partial charge on any atom is 0.227 e. The number of benzene rings is 1. The highest BCUT2D eigenvalue weighted by Crippen LogP contribution is 2.28. The number of carbonyl (C=O) groups excluding carboxylic acids is 1. The van der Waals surface area contributed by atoms with E-state index in [1.165, 1.54) is 0 Å². The van der Waals surface area contributed by atoms with Crippen LogP contribution < -0.4 is 14.8 Å². The van der Waals surface area contributed by atoms with Crippen molar-refractivity contribution < 1.29 is 17.9 Å². The Morgan fingerprint density at radius 1 is 1.43 bits per heavy atom. The van der Waals surface area contributed by atoms with Crippen LogP contribution >= 0.6 is 0 Å². The molecule has 7 heteroatoms. The Hall–Kier alpha value is -1.60. The fourth-order valence-electron chi connectivity index (χ4n) is 2.47. The number of hydrogen-bond donors (Lipinski definition) is 1. The Morgan fingerprint density at radius 2 is 2.14 bits per heavy atom. The summed E-state index contributed by atoms with van der Waals surface area (Å²) in [5.74, 6) is 0.162. The summed E-state index contributed by atoms with van der Waals surface area (Å²) in [5, 5.41) is 5.05. The number of amides is 1. The van der Waals surface area contributed by atoms with E-state index in [2.05, 4.69) is 0 Å². The minimum Gasteiger partial charge on any atom is -0.491 e. The quantitative estimate of drug-likeness (QED) is 0.882. The second-order valence-electron chi connectivity index (χ2n) is 5.57. The number of primary sulfonamides is 1. The van der Waals surface area contributed by atoms with E-state index >= 15 is 0 Å². The van der Waals surface area contributed by atoms with Crippen molar-refractivity contribution in [1.29, 1.82) is 0 Å². The van der Waals surface area contributed by atoms with Crippen LogP contribution in [0.15, 0.2) is 24.3 Å². The molecule has 0 aliphatic carbocycles. The zero-order chi connectivity index (χ0) is 15.6. The van der Waals surface area contributed by atoms with Crippen LogP contribution in [0.3, 0.4) is 0 Å². The van der Waals surface area contributed by atoms with Crippen LogP contribution in [0.2, 0.25) is 0 Å². The molecule has 0 spiro atoms. The predicted molar refractivity (Wildman–Crippen MR) is 80.6 cm³/mol. The highest BCUT2D eigenvalue weighted by Gasteiger charge is 2.32. The lowest BCUT2D eigenvalue weighted by Crippen LogP contribution is -2.27. The van der Waals surface area contributed by atoms with Crippen LogP contribution in [0, 0.1) is 5.92 Å². The molecule has 21 heavy (non-hydrogen) atoms. The predicted octanol–water partition coefficient (Wildman–Crippen LogP) is 1.12. The van der Waals surface area contributed by atoms with Gasteiger partial charge in [0.05, 0.1) is 11.9 Å². The summed E-state index contributed by atoms with van der Waals surface area (Å²) in [7, 11) is -3.56. The van der Waals surface area contributed by atoms with Gasteiger partial charge in [0, 0.05) is 30.6 Å². The summed E-state index contributed by atoms with van der Waals surface area (Å²) in [6.45, 7) is 4.21. The minimum absolute atomic E-state index is 0.0460. The van der Waals surface area contributed by atoms with Gasteiger partial charge in [-0.1, -0.05) is 6.07 Å². The van der Waals surface area contributed by atoms with Crippen molar-refractivity contribution in [2.75, 3.05) is 17.2 Å². The number of carbonyl (C=O) groups is 1. The molecule has 2 N–H and O–H groups in total. The molecule has 0 aromatic heterocycles. The Balaban J connectivity index is 2.13. The molecule has 116 valence electrons. The molecule has 1 amide bonds. The van der Waals surface area contributed by atoms with Gasteiger partial charge in [0.25, 0.3) is 0 Å². The van der Waals surface area contributed by atoms with Gasteiger partial charge in [0.15, 0.2) is 0 Å². The van der Waals surface area contributed by atoms with E-state index in [0.29, 0.717) is 12.3 Å². The van der Waals surface area contributed by atoms with E-state index in [9.17, 15) is 13.2 Å². The van der Waals surface area contributed by atoms with E-state index in [0.717, 1.165) is 5.69 Å². The maximum absolute atomic E-state index is 12.1. The summed E-state index contributed by atoms with van der Waals surface area (Å²) in [6.07, 6.45) is 0.246. The fraction of sp³-hybridized carbons (Fsp3) is 0.500. The Morgan fingerprint density at radius 3 is 2.76 bits per heavy atom. The molecule has 1 unspecified atom stereocenters. The van der Waals surface area contributed by atoms with Crippen molar-refractivity contribution in [1.82, 2.24) is 0 Å². The highest BCUT2D eigenvalue weighted by molar-refractivity contribution is 7.89. The first-order valence-electron chi connectivity index (χ1n) is 6.82. The SMILES string of the molecule is CC(C)Oc1cccc(N2CC(CS(N)(=O)=O)CC2=O)c1. The zero-order valence-electron chi connectivity index (χ0n) is 12.2. The van der Waals surface area contributed by atoms with E-state index in [-0.39, 0.29) is 30.1 Å². The van der Waals surface area contributed by atoms with E-state index < -0.39 is 10.0 Å². The average Bonchev–Trinajstić information content (AvgIpc) is 2.67. The van der Waals surface area contributed by atoms with E-state index in [1.54, 1.807) is 11.0 Å². The molecule has 0 bridgehead atoms. The van der Waals surface area contributed by atoms with Gasteiger partial charge >= 0.3 is 0 Å². The molecule has 1 atom stereocenters. The van der Waals surface area contributed by atoms with Crippen molar-refractivity contribution in [3.63, 3.8) is 0 Å². The normalized spacial score (nSPS) is 19.3. The van der Waals surface area contributed by atoms with Gasteiger partial charge in [0.1, 0.15) is 5.75 Å². The molecule has 0 saturated carbocycles. The lowest BCUT2D eigenvalue weighted by Gasteiger charge is -2.18. The van der Waals surface area contributed by atoms with Crippen LogP contribution in [-0.2, 0) is 14.8 Å². The average molecular weight is 312 g/mol. The standard InChI is InChI=1S/C14H20N2O4S/c1-10(2)20-13-5-3-4-12(7-13)16-8-11(6-14(16)17)9-21(15,18)19/h3-5,7,10-11H,6,8-9H2,1-2H3,(H2,15,18,19). The molecule has 6 nitrogen and oxygen atoms in total. The topological polar surface area (TPSA) is 89.7 Å². The number of ether oxygens (including phenoxy) is 1. The van der Waals surface area contributed by atoms with Crippen molar-refractivity contribution >= 4 is 21.6 Å². The highest BCUT2D eigenvalue weighted by atomic mass is 32.2. The third kappa shape index (κ3) is 4.44. The molecule has 1 aliphatic heterocycles. The van der Waals surface area contributed by atoms with Gasteiger partial charge in [-0.25, -0.2) is 13.6 Å². The third-order valence-electron chi connectivity index (χ3n) is 3.17. The first kappa shape index (κ1) is 15.8. The molecule has 0 radical (unpaired) electrons. The first-order chi connectivity index (χ1) is 9.74. The summed E-state index contributed by atoms with van der Waals surface area (Å²) in [4.78, 5) is 13.6. The fourth-order valence-corrected chi connectivity index (χ4v) is 3.35. The number of hydrogen-bond acceptors (Lipinski definition) is 4. The largest absolute Gasteiger partial charge is 0.491 e. The van der Waals surface area contributed by atoms with Crippen molar-refractivity contribution in [2.24, 2.45) is 11.1 Å². The zero-order valence-corrected chi connectivity index (χ0v) is 13.0. The third-order valence-corrected chi connectivity index (χ3v) is 4.11. The molecule has 1 heterocycles. The van der Waals surface area contributed by atoms with Crippen LogP contribution in [0.25, 0.3) is 0 Å². The first-order valence-corrected chi connectivity index (χ1v) is 8.53. The molecule has 1 saturated heterocycles. The maximum atomic E-state index is 12.1. The summed E-state index contributed by atoms with van der Waals surface area (Å²) in [6, 6.07) is 7.24. The van der Waals surface area contributed by atoms with Crippen LogP contribution in [-0.4, -0.2) is 32.7 Å².